The molecule has 0 saturated heterocycles. The van der Waals surface area contributed by atoms with Gasteiger partial charge in [-0.25, -0.2) is 0 Å². The van der Waals surface area contributed by atoms with Crippen LogP contribution in [-0.4, -0.2) is 0 Å². The summed E-state index contributed by atoms with van der Waals surface area (Å²) >= 11 is 0. The molecule has 0 aliphatic carbocycles. The van der Waals surface area contributed by atoms with Gasteiger partial charge in [-0.2, -0.15) is 0 Å². The van der Waals surface area contributed by atoms with Crippen molar-refractivity contribution in [3.63, 3.8) is 0 Å². The van der Waals surface area contributed by atoms with Crippen LogP contribution in [0.15, 0.2) is 18.2 Å². The van der Waals surface area contributed by atoms with Crippen LogP contribution in [0.2, 0.25) is 0 Å². The van der Waals surface area contributed by atoms with Crippen molar-refractivity contribution in [1.82, 2.24) is 0 Å². The fraction of sp³-hybridized carbons (Fsp3) is 0.429. The molecule has 0 amide bonds. The highest BCUT2D eigenvalue weighted by Crippen LogP contribution is 2.16. The van der Waals surface area contributed by atoms with E-state index in [2.05, 4.69) is 32.9 Å². The molecule has 0 bridgehead atoms. The molecule has 0 aliphatic heterocycles. The third-order valence-corrected chi connectivity index (χ3v) is 2.82. The molecular formula is C14H19. The van der Waals surface area contributed by atoms with Gasteiger partial charge in [0, 0.05) is 0 Å². The lowest BCUT2D eigenvalue weighted by Crippen LogP contribution is -1.92. The van der Waals surface area contributed by atoms with Crippen molar-refractivity contribution in [2.45, 2.75) is 40.0 Å². The van der Waals surface area contributed by atoms with E-state index in [-0.39, 0.29) is 0 Å². The van der Waals surface area contributed by atoms with Crippen molar-refractivity contribution in [3.8, 4) is 0 Å². The Morgan fingerprint density at radius 1 is 1.14 bits per heavy atom. The van der Waals surface area contributed by atoms with Gasteiger partial charge in [0.1, 0.15) is 0 Å². The third-order valence-electron chi connectivity index (χ3n) is 2.82. The Morgan fingerprint density at radius 2 is 1.71 bits per heavy atom. The summed E-state index contributed by atoms with van der Waals surface area (Å²) in [6, 6.07) is 4.58. The van der Waals surface area contributed by atoms with E-state index >= 15 is 0 Å². The number of benzene rings is 1. The van der Waals surface area contributed by atoms with Crippen molar-refractivity contribution < 1.29 is 0 Å². The molecule has 1 aromatic carbocycles. The molecule has 0 heterocycles. The van der Waals surface area contributed by atoms with E-state index in [0.29, 0.717) is 0 Å². The van der Waals surface area contributed by atoms with Crippen molar-refractivity contribution in [2.75, 3.05) is 0 Å². The Balaban J connectivity index is 2.74. The summed E-state index contributed by atoms with van der Waals surface area (Å²) in [4.78, 5) is 0. The summed E-state index contributed by atoms with van der Waals surface area (Å²) in [6.45, 7) is 11.9. The van der Waals surface area contributed by atoms with Crippen molar-refractivity contribution in [1.29, 1.82) is 0 Å². The first-order valence-electron chi connectivity index (χ1n) is 5.25. The second kappa shape index (κ2) is 4.99. The molecule has 0 aliphatic rings. The van der Waals surface area contributed by atoms with E-state index in [1.165, 1.54) is 22.3 Å². The third kappa shape index (κ3) is 2.73. The Hall–Kier alpha value is -1.04. The minimum Gasteiger partial charge on any atom is -0.0845 e. The van der Waals surface area contributed by atoms with Gasteiger partial charge in [-0.3, -0.25) is 0 Å². The van der Waals surface area contributed by atoms with E-state index in [1.807, 2.05) is 0 Å². The van der Waals surface area contributed by atoms with Crippen LogP contribution in [0, 0.1) is 27.4 Å². The number of unbranched alkanes of at least 4 members (excludes halogenated alkanes) is 1. The molecule has 0 nitrogen and oxygen atoms in total. The second-order valence-electron chi connectivity index (χ2n) is 3.98. The molecule has 0 heteroatoms. The SMILES string of the molecule is [CH]=CCCCc1cc(C)c(C)c(C)c1. The topological polar surface area (TPSA) is 0 Å². The van der Waals surface area contributed by atoms with Crippen LogP contribution in [0.3, 0.4) is 0 Å². The van der Waals surface area contributed by atoms with Gasteiger partial charge in [-0.05, 0) is 62.3 Å². The smallest absolute Gasteiger partial charge is 0.0276 e. The molecule has 0 aromatic heterocycles. The zero-order valence-electron chi connectivity index (χ0n) is 9.43. The number of hydrogen-bond acceptors (Lipinski definition) is 0. The largest absolute Gasteiger partial charge is 0.0845 e. The van der Waals surface area contributed by atoms with Crippen LogP contribution in [0.1, 0.15) is 35.1 Å². The van der Waals surface area contributed by atoms with Crippen LogP contribution < -0.4 is 0 Å². The maximum absolute atomic E-state index is 5.35. The first-order valence-corrected chi connectivity index (χ1v) is 5.25. The Kier molecular flexibility index (Phi) is 3.94. The monoisotopic (exact) mass is 187 g/mol. The summed E-state index contributed by atoms with van der Waals surface area (Å²) in [5.74, 6) is 0. The molecule has 0 saturated carbocycles. The summed E-state index contributed by atoms with van der Waals surface area (Å²) in [6.07, 6.45) is 5.04. The predicted octanol–water partition coefficient (Wildman–Crippen LogP) is 3.92. The maximum Gasteiger partial charge on any atom is -0.0276 e. The van der Waals surface area contributed by atoms with Gasteiger partial charge in [-0.1, -0.05) is 24.8 Å². The summed E-state index contributed by atoms with van der Waals surface area (Å²) in [7, 11) is 0. The lowest BCUT2D eigenvalue weighted by atomic mass is 9.98. The molecule has 0 atom stereocenters. The highest BCUT2D eigenvalue weighted by molar-refractivity contribution is 5.36. The van der Waals surface area contributed by atoms with Gasteiger partial charge < -0.3 is 0 Å². The quantitative estimate of drug-likeness (QED) is 0.627. The van der Waals surface area contributed by atoms with Gasteiger partial charge >= 0.3 is 0 Å². The van der Waals surface area contributed by atoms with Crippen molar-refractivity contribution in [2.24, 2.45) is 0 Å². The van der Waals surface area contributed by atoms with Crippen LogP contribution in [0.25, 0.3) is 0 Å². The van der Waals surface area contributed by atoms with E-state index in [4.69, 9.17) is 6.58 Å². The Labute approximate surface area is 87.7 Å². The molecule has 0 spiro atoms. The van der Waals surface area contributed by atoms with E-state index < -0.39 is 0 Å². The molecule has 1 radical (unpaired) electrons. The first-order chi connectivity index (χ1) is 6.65. The van der Waals surface area contributed by atoms with E-state index in [0.717, 1.165) is 19.3 Å². The molecule has 1 aromatic rings. The van der Waals surface area contributed by atoms with Crippen molar-refractivity contribution >= 4 is 0 Å². The highest BCUT2D eigenvalue weighted by atomic mass is 14.1. The van der Waals surface area contributed by atoms with Gasteiger partial charge in [0.25, 0.3) is 0 Å². The molecular weight excluding hydrogens is 168 g/mol. The average Bonchev–Trinajstić information content (AvgIpc) is 2.14. The lowest BCUT2D eigenvalue weighted by molar-refractivity contribution is 0.841. The lowest BCUT2D eigenvalue weighted by Gasteiger charge is -2.08. The fourth-order valence-electron chi connectivity index (χ4n) is 1.69. The van der Waals surface area contributed by atoms with Crippen LogP contribution in [0.4, 0.5) is 0 Å². The number of rotatable bonds is 4. The maximum atomic E-state index is 5.35. The Bertz CT molecular complexity index is 298. The highest BCUT2D eigenvalue weighted by Gasteiger charge is 2.00. The van der Waals surface area contributed by atoms with Gasteiger partial charge in [0.15, 0.2) is 0 Å². The van der Waals surface area contributed by atoms with Gasteiger partial charge in [0.2, 0.25) is 0 Å². The average molecular weight is 187 g/mol. The normalized spacial score (nSPS) is 10.2. The van der Waals surface area contributed by atoms with Crippen molar-refractivity contribution in [3.05, 3.63) is 47.0 Å². The predicted molar refractivity (Wildman–Crippen MR) is 62.5 cm³/mol. The van der Waals surface area contributed by atoms with Crippen LogP contribution >= 0.6 is 0 Å². The minimum atomic E-state index is 1.01. The summed E-state index contributed by atoms with van der Waals surface area (Å²) < 4.78 is 0. The standard InChI is InChI=1S/C14H19/c1-5-6-7-8-14-9-11(2)13(4)12(3)10-14/h1,5,9-10H,6-8H2,2-4H3. The first kappa shape index (κ1) is 11.0. The molecule has 0 unspecified atom stereocenters. The van der Waals surface area contributed by atoms with Gasteiger partial charge in [0.05, 0.1) is 0 Å². The van der Waals surface area contributed by atoms with E-state index in [9.17, 15) is 0 Å². The summed E-state index contributed by atoms with van der Waals surface area (Å²) in [5.41, 5.74) is 5.65. The minimum absolute atomic E-state index is 1.01. The van der Waals surface area contributed by atoms with Gasteiger partial charge in [-0.15, -0.1) is 0 Å². The molecule has 0 N–H and O–H groups in total. The number of allylic oxidation sites excluding steroid dienone is 1. The summed E-state index contributed by atoms with van der Waals surface area (Å²) in [5, 5.41) is 0. The van der Waals surface area contributed by atoms with E-state index in [1.54, 1.807) is 6.08 Å². The second-order valence-corrected chi connectivity index (χ2v) is 3.98. The fourth-order valence-corrected chi connectivity index (χ4v) is 1.69. The zero-order chi connectivity index (χ0) is 10.6. The molecule has 75 valence electrons. The molecule has 0 fully saturated rings. The van der Waals surface area contributed by atoms with Crippen LogP contribution in [-0.2, 0) is 6.42 Å². The molecule has 1 rings (SSSR count). The number of hydrogen-bond donors (Lipinski definition) is 0. The number of aryl methyl sites for hydroxylation is 3. The molecule has 14 heavy (non-hydrogen) atoms. The van der Waals surface area contributed by atoms with Crippen LogP contribution in [0.5, 0.6) is 0 Å². The Morgan fingerprint density at radius 3 is 2.21 bits per heavy atom. The zero-order valence-corrected chi connectivity index (χ0v) is 9.43.